The molecule has 0 aromatic heterocycles. The Bertz CT molecular complexity index is 2710. The summed E-state index contributed by atoms with van der Waals surface area (Å²) in [5.74, 6) is -4.47. The maximum Gasteiger partial charge on any atom is 0.333 e. The molecular formula is C85H160O13S5. The van der Waals surface area contributed by atoms with Crippen molar-refractivity contribution in [2.24, 2.45) is 0 Å². The van der Waals surface area contributed by atoms with Gasteiger partial charge in [-0.05, 0) is 51.9 Å². The predicted octanol–water partition coefficient (Wildman–Crippen LogP) is 25.7. The molecule has 13 nitrogen and oxygen atoms in total. The lowest BCUT2D eigenvalue weighted by molar-refractivity contribution is -0.139. The highest BCUT2D eigenvalue weighted by atomic mass is 32.2. The summed E-state index contributed by atoms with van der Waals surface area (Å²) < 4.78 is 172. The summed E-state index contributed by atoms with van der Waals surface area (Å²) in [5, 5.41) is 0. The van der Waals surface area contributed by atoms with Crippen LogP contribution in [-0.4, -0.2) is 90.0 Å². The van der Waals surface area contributed by atoms with Gasteiger partial charge >= 0.3 is 5.97 Å². The van der Waals surface area contributed by atoms with Crippen molar-refractivity contribution in [2.45, 2.75) is 471 Å². The molecule has 0 aliphatic rings. The molecule has 18 heteroatoms. The third-order valence-electron chi connectivity index (χ3n) is 20.7. The van der Waals surface area contributed by atoms with Crippen molar-refractivity contribution in [1.82, 2.24) is 0 Å². The molecule has 0 spiro atoms. The van der Waals surface area contributed by atoms with Gasteiger partial charge in [0.1, 0.15) is 24.5 Å². The van der Waals surface area contributed by atoms with Crippen molar-refractivity contribution >= 4 is 55.2 Å². The monoisotopic (exact) mass is 1550 g/mol. The average molecular weight is 1550 g/mol. The Balaban J connectivity index is 4.45. The maximum atomic E-state index is 16.1. The summed E-state index contributed by atoms with van der Waals surface area (Å²) in [7, 11) is -25.1. The largest absolute Gasteiger partial charge is 0.491 e. The van der Waals surface area contributed by atoms with Gasteiger partial charge in [0.2, 0.25) is 0 Å². The van der Waals surface area contributed by atoms with Crippen LogP contribution in [0.15, 0.2) is 36.6 Å². The molecule has 0 heterocycles. The van der Waals surface area contributed by atoms with Crippen LogP contribution in [0.1, 0.15) is 446 Å². The lowest BCUT2D eigenvalue weighted by atomic mass is 10.1. The van der Waals surface area contributed by atoms with E-state index in [1.807, 2.05) is 0 Å². The number of hydrogen-bond donors (Lipinski definition) is 0. The summed E-state index contributed by atoms with van der Waals surface area (Å²) in [6.45, 7) is 16.3. The minimum atomic E-state index is -5.10. The molecule has 0 fully saturated rings. The van der Waals surface area contributed by atoms with Crippen molar-refractivity contribution in [3.05, 3.63) is 12.2 Å². The molecule has 1 aromatic carbocycles. The highest BCUT2D eigenvalue weighted by Gasteiger charge is 2.47. The van der Waals surface area contributed by atoms with E-state index in [0.717, 1.165) is 186 Å². The van der Waals surface area contributed by atoms with Crippen molar-refractivity contribution in [3.8, 4) is 5.75 Å². The van der Waals surface area contributed by atoms with Crippen LogP contribution in [0.5, 0.6) is 5.75 Å². The number of ether oxygens (including phenoxy) is 2. The molecule has 0 aliphatic heterocycles. The molecule has 608 valence electrons. The van der Waals surface area contributed by atoms with E-state index >= 15 is 42.1 Å². The first-order chi connectivity index (χ1) is 49.6. The van der Waals surface area contributed by atoms with Crippen LogP contribution in [0.25, 0.3) is 0 Å². The minimum Gasteiger partial charge on any atom is -0.491 e. The number of esters is 1. The second-order valence-electron chi connectivity index (χ2n) is 30.8. The minimum absolute atomic E-state index is 0.0415. The lowest BCUT2D eigenvalue weighted by Crippen LogP contribution is -2.28. The summed E-state index contributed by atoms with van der Waals surface area (Å²) in [4.78, 5) is 6.56. The molecule has 103 heavy (non-hydrogen) atoms. The molecule has 1 rings (SSSR count). The van der Waals surface area contributed by atoms with E-state index in [1.165, 1.54) is 122 Å². The van der Waals surface area contributed by atoms with E-state index < -0.39 is 114 Å². The van der Waals surface area contributed by atoms with E-state index in [2.05, 4.69) is 41.2 Å². The quantitative estimate of drug-likeness (QED) is 0.0338. The molecule has 1 aromatic rings. The Hall–Kier alpha value is -2.02. The van der Waals surface area contributed by atoms with Gasteiger partial charge in [-0.3, -0.25) is 0 Å². The number of carbonyl (C=O) groups excluding carboxylic acids is 1. The van der Waals surface area contributed by atoms with Crippen LogP contribution in [0.4, 0.5) is 0 Å². The molecule has 0 radical (unpaired) electrons. The van der Waals surface area contributed by atoms with Crippen molar-refractivity contribution < 1.29 is 56.4 Å². The molecule has 0 atom stereocenters. The van der Waals surface area contributed by atoms with Gasteiger partial charge in [-0.2, -0.15) is 0 Å². The van der Waals surface area contributed by atoms with Gasteiger partial charge in [0.05, 0.1) is 42.0 Å². The highest BCUT2D eigenvalue weighted by molar-refractivity contribution is 7.98. The Morgan fingerprint density at radius 2 is 0.388 bits per heavy atom. The number of rotatable bonds is 78. The van der Waals surface area contributed by atoms with Gasteiger partial charge in [-0.1, -0.05) is 401 Å². The molecule has 0 saturated heterocycles. The molecule has 0 N–H and O–H groups in total. The fourth-order valence-corrected chi connectivity index (χ4v) is 25.4. The zero-order chi connectivity index (χ0) is 76.0. The second kappa shape index (κ2) is 63.7. The third-order valence-corrected chi connectivity index (χ3v) is 30.5. The Morgan fingerprint density at radius 1 is 0.233 bits per heavy atom. The zero-order valence-electron chi connectivity index (χ0n) is 67.6. The number of unbranched alkanes of at least 4 members (excludes halogenated alkanes) is 57. The number of sulfone groups is 5. The lowest BCUT2D eigenvalue weighted by Gasteiger charge is -2.26. The first-order valence-corrected chi connectivity index (χ1v) is 51.7. The first kappa shape index (κ1) is 99.0. The molecule has 0 amide bonds. The first-order valence-electron chi connectivity index (χ1n) is 43.5. The number of benzene rings is 1. The molecule has 0 bridgehead atoms. The van der Waals surface area contributed by atoms with Gasteiger partial charge in [0, 0.05) is 5.57 Å². The van der Waals surface area contributed by atoms with Gasteiger partial charge in [-0.15, -0.1) is 0 Å². The van der Waals surface area contributed by atoms with Gasteiger partial charge in [0.15, 0.2) is 54.9 Å². The Kier molecular flexibility index (Phi) is 61.2. The summed E-state index contributed by atoms with van der Waals surface area (Å²) in [6, 6.07) is 0. The Labute approximate surface area is 637 Å². The number of hydrogen-bond acceptors (Lipinski definition) is 13. The van der Waals surface area contributed by atoms with Crippen molar-refractivity contribution in [2.75, 3.05) is 42.0 Å². The van der Waals surface area contributed by atoms with Gasteiger partial charge < -0.3 is 9.47 Å². The van der Waals surface area contributed by atoms with Gasteiger partial charge in [-0.25, -0.2) is 46.9 Å². The van der Waals surface area contributed by atoms with Crippen LogP contribution in [0.3, 0.4) is 0 Å². The van der Waals surface area contributed by atoms with Gasteiger partial charge in [0.25, 0.3) is 0 Å². The summed E-state index contributed by atoms with van der Waals surface area (Å²) >= 11 is 0. The standard InChI is InChI=1S/C85H160O13S5/c1-8-13-18-23-28-33-38-45-52-59-66-73-99(87,88)80-79(97-71-64-57-50-43-44-51-58-65-72-98-85(86)78(6)7)81(100(89,90)74-67-60-53-46-39-34-29-24-19-14-9-2)83(102(93,94)76-69-62-55-48-41-36-31-26-21-16-11-4)84(103(95,96)77-70-63-56-49-42-37-32-27-22-17-12-5)82(80)101(91,92)75-68-61-54-47-40-35-30-25-20-15-10-3/h6,8-77H2,1-5,7H3. The number of carbonyl (C=O) groups is 1. The highest BCUT2D eigenvalue weighted by Crippen LogP contribution is 2.49. The second-order valence-corrected chi connectivity index (χ2v) is 41.1. The van der Waals surface area contributed by atoms with E-state index in [9.17, 15) is 4.79 Å². The fraction of sp³-hybridized carbons (Fsp3) is 0.894. The van der Waals surface area contributed by atoms with E-state index in [1.54, 1.807) is 6.92 Å². The maximum absolute atomic E-state index is 16.1. The molecular weight excluding hydrogens is 1390 g/mol. The predicted molar refractivity (Wildman–Crippen MR) is 437 cm³/mol. The summed E-state index contributed by atoms with van der Waals surface area (Å²) in [5.41, 5.74) is 0.356. The van der Waals surface area contributed by atoms with Crippen LogP contribution < -0.4 is 4.74 Å². The van der Waals surface area contributed by atoms with E-state index in [4.69, 9.17) is 9.47 Å². The van der Waals surface area contributed by atoms with E-state index in [-0.39, 0.29) is 38.7 Å². The van der Waals surface area contributed by atoms with E-state index in [0.29, 0.717) is 76.4 Å². The summed E-state index contributed by atoms with van der Waals surface area (Å²) in [6.07, 6.45) is 56.0. The molecule has 0 saturated carbocycles. The Morgan fingerprint density at radius 3 is 0.583 bits per heavy atom. The van der Waals surface area contributed by atoms with Crippen LogP contribution in [-0.2, 0) is 58.7 Å². The third kappa shape index (κ3) is 48.3. The average Bonchev–Trinajstić information content (AvgIpc) is 0.700. The topological polar surface area (TPSA) is 206 Å². The molecule has 0 unspecified atom stereocenters. The van der Waals surface area contributed by atoms with Crippen molar-refractivity contribution in [1.29, 1.82) is 0 Å². The van der Waals surface area contributed by atoms with Crippen LogP contribution in [0, 0.1) is 0 Å². The smallest absolute Gasteiger partial charge is 0.333 e. The molecule has 0 aliphatic carbocycles. The normalized spacial score (nSPS) is 12.4. The SMILES string of the molecule is C=C(C)C(=O)OCCCCCCCCCCOc1c(S(=O)(=O)CCCCCCCCCCCCC)c(S(=O)(=O)CCCCCCCCCCCCC)c(S(=O)(=O)CCCCCCCCCCCCC)c(S(=O)(=O)CCCCCCCCCCCCC)c1S(=O)(=O)CCCCCCCCCCCCC. The van der Waals surface area contributed by atoms with Crippen molar-refractivity contribution in [3.63, 3.8) is 0 Å². The zero-order valence-corrected chi connectivity index (χ0v) is 71.6. The van der Waals surface area contributed by atoms with Crippen LogP contribution in [0.2, 0.25) is 0 Å². The fourth-order valence-electron chi connectivity index (χ4n) is 14.2. The van der Waals surface area contributed by atoms with Crippen LogP contribution >= 0.6 is 0 Å².